The first kappa shape index (κ1) is 14.0. The highest BCUT2D eigenvalue weighted by Gasteiger charge is 2.21. The van der Waals surface area contributed by atoms with Crippen molar-refractivity contribution in [2.24, 2.45) is 0 Å². The number of hydrogen-bond donors (Lipinski definition) is 2. The molecule has 5 nitrogen and oxygen atoms in total. The van der Waals surface area contributed by atoms with Crippen molar-refractivity contribution >= 4 is 11.7 Å². The van der Waals surface area contributed by atoms with Gasteiger partial charge in [-0.1, -0.05) is 0 Å². The van der Waals surface area contributed by atoms with Crippen LogP contribution in [0.25, 0.3) is 0 Å². The summed E-state index contributed by atoms with van der Waals surface area (Å²) in [5.74, 6) is -2.44. The third kappa shape index (κ3) is 2.79. The highest BCUT2D eigenvalue weighted by atomic mass is 19.1. The second kappa shape index (κ2) is 6.04. The summed E-state index contributed by atoms with van der Waals surface area (Å²) >= 11 is 0. The van der Waals surface area contributed by atoms with Crippen molar-refractivity contribution < 1.29 is 23.0 Å². The summed E-state index contributed by atoms with van der Waals surface area (Å²) < 4.78 is 37.0. The van der Waals surface area contributed by atoms with Crippen LogP contribution < -0.4 is 20.1 Å². The Bertz CT molecular complexity index is 424. The van der Waals surface area contributed by atoms with Gasteiger partial charge in [-0.25, -0.2) is 13.6 Å². The SMILES string of the molecule is CCNC(=O)Nc1c(F)c(OC)cc(OC)c1F. The Morgan fingerprint density at radius 2 is 1.72 bits per heavy atom. The van der Waals surface area contributed by atoms with Gasteiger partial charge in [0.2, 0.25) is 0 Å². The molecule has 0 fully saturated rings. The number of amides is 2. The molecule has 0 aliphatic carbocycles. The molecule has 0 atom stereocenters. The first-order chi connectivity index (χ1) is 8.54. The van der Waals surface area contributed by atoms with Crippen LogP contribution in [0.1, 0.15) is 6.92 Å². The van der Waals surface area contributed by atoms with E-state index in [1.807, 2.05) is 0 Å². The van der Waals surface area contributed by atoms with Crippen molar-refractivity contribution in [2.75, 3.05) is 26.1 Å². The molecule has 0 aliphatic rings. The van der Waals surface area contributed by atoms with Gasteiger partial charge in [0.15, 0.2) is 23.1 Å². The summed E-state index contributed by atoms with van der Waals surface area (Å²) in [6.07, 6.45) is 0. The zero-order valence-electron chi connectivity index (χ0n) is 10.3. The quantitative estimate of drug-likeness (QED) is 0.871. The molecule has 0 bridgehead atoms. The summed E-state index contributed by atoms with van der Waals surface area (Å²) in [4.78, 5) is 11.3. The van der Waals surface area contributed by atoms with Gasteiger partial charge in [0.1, 0.15) is 5.69 Å². The highest BCUT2D eigenvalue weighted by Crippen LogP contribution is 2.34. The van der Waals surface area contributed by atoms with Gasteiger partial charge in [0, 0.05) is 12.6 Å². The minimum absolute atomic E-state index is 0.222. The van der Waals surface area contributed by atoms with E-state index in [1.54, 1.807) is 6.92 Å². The summed E-state index contributed by atoms with van der Waals surface area (Å²) in [5, 5.41) is 4.43. The number of methoxy groups -OCH3 is 2. The monoisotopic (exact) mass is 260 g/mol. The fourth-order valence-corrected chi connectivity index (χ4v) is 1.31. The molecule has 2 amide bonds. The van der Waals surface area contributed by atoms with E-state index >= 15 is 0 Å². The second-order valence-corrected chi connectivity index (χ2v) is 3.27. The first-order valence-electron chi connectivity index (χ1n) is 5.19. The minimum Gasteiger partial charge on any atom is -0.493 e. The number of ether oxygens (including phenoxy) is 2. The molecule has 0 saturated carbocycles. The molecule has 0 aromatic heterocycles. The highest BCUT2D eigenvalue weighted by molar-refractivity contribution is 5.90. The lowest BCUT2D eigenvalue weighted by Gasteiger charge is -2.13. The lowest BCUT2D eigenvalue weighted by atomic mass is 10.2. The molecule has 0 spiro atoms. The summed E-state index contributed by atoms with van der Waals surface area (Å²) in [6.45, 7) is 2.01. The van der Waals surface area contributed by atoms with Gasteiger partial charge in [0.25, 0.3) is 0 Å². The fourth-order valence-electron chi connectivity index (χ4n) is 1.31. The van der Waals surface area contributed by atoms with Gasteiger partial charge in [-0.15, -0.1) is 0 Å². The van der Waals surface area contributed by atoms with Crippen LogP contribution >= 0.6 is 0 Å². The number of nitrogens with one attached hydrogen (secondary N) is 2. The molecule has 18 heavy (non-hydrogen) atoms. The van der Waals surface area contributed by atoms with Crippen LogP contribution in [0.2, 0.25) is 0 Å². The van der Waals surface area contributed by atoms with Crippen molar-refractivity contribution in [3.05, 3.63) is 17.7 Å². The number of rotatable bonds is 4. The van der Waals surface area contributed by atoms with Crippen molar-refractivity contribution in [1.29, 1.82) is 0 Å². The Balaban J connectivity index is 3.19. The maximum absolute atomic E-state index is 13.8. The molecule has 100 valence electrons. The van der Waals surface area contributed by atoms with Crippen LogP contribution in [0.15, 0.2) is 6.07 Å². The average Bonchev–Trinajstić information content (AvgIpc) is 2.35. The molecule has 7 heteroatoms. The van der Waals surface area contributed by atoms with Crippen LogP contribution in [-0.4, -0.2) is 26.8 Å². The zero-order valence-corrected chi connectivity index (χ0v) is 10.3. The standard InChI is InChI=1S/C11H14F2N2O3/c1-4-14-11(16)15-10-8(12)6(17-2)5-7(18-3)9(10)13/h5H,4H2,1-3H3,(H2,14,15,16). The maximum Gasteiger partial charge on any atom is 0.319 e. The van der Waals surface area contributed by atoms with Crippen LogP contribution in [0.5, 0.6) is 11.5 Å². The number of benzene rings is 1. The van der Waals surface area contributed by atoms with E-state index in [0.717, 1.165) is 6.07 Å². The van der Waals surface area contributed by atoms with Crippen molar-refractivity contribution in [3.8, 4) is 11.5 Å². The number of urea groups is 1. The van der Waals surface area contributed by atoms with Crippen LogP contribution in [-0.2, 0) is 0 Å². The number of hydrogen-bond acceptors (Lipinski definition) is 3. The van der Waals surface area contributed by atoms with Crippen molar-refractivity contribution in [1.82, 2.24) is 5.32 Å². The third-order valence-electron chi connectivity index (χ3n) is 2.15. The Morgan fingerprint density at radius 3 is 2.11 bits per heavy atom. The molecule has 1 aromatic rings. The van der Waals surface area contributed by atoms with Crippen LogP contribution in [0.3, 0.4) is 0 Å². The first-order valence-corrected chi connectivity index (χ1v) is 5.19. The molecule has 0 aliphatic heterocycles. The average molecular weight is 260 g/mol. The largest absolute Gasteiger partial charge is 0.493 e. The Hall–Kier alpha value is -2.05. The van der Waals surface area contributed by atoms with E-state index in [9.17, 15) is 13.6 Å². The second-order valence-electron chi connectivity index (χ2n) is 3.27. The van der Waals surface area contributed by atoms with Crippen LogP contribution in [0.4, 0.5) is 19.3 Å². The van der Waals surface area contributed by atoms with Crippen molar-refractivity contribution in [2.45, 2.75) is 6.92 Å². The summed E-state index contributed by atoms with van der Waals surface area (Å²) in [6, 6.07) is 0.346. The van der Waals surface area contributed by atoms with E-state index in [-0.39, 0.29) is 11.5 Å². The van der Waals surface area contributed by atoms with Gasteiger partial charge in [-0.2, -0.15) is 0 Å². The summed E-state index contributed by atoms with van der Waals surface area (Å²) in [5.41, 5.74) is -0.614. The normalized spacial score (nSPS) is 9.83. The molecular weight excluding hydrogens is 246 g/mol. The van der Waals surface area contributed by atoms with Gasteiger partial charge in [-0.3, -0.25) is 0 Å². The Labute approximate surface area is 103 Å². The van der Waals surface area contributed by atoms with E-state index in [4.69, 9.17) is 9.47 Å². The third-order valence-corrected chi connectivity index (χ3v) is 2.15. The van der Waals surface area contributed by atoms with Gasteiger partial charge in [-0.05, 0) is 6.92 Å². The zero-order chi connectivity index (χ0) is 13.7. The number of carbonyl (C=O) groups is 1. The lowest BCUT2D eigenvalue weighted by Crippen LogP contribution is -2.29. The molecule has 1 aromatic carbocycles. The molecule has 1 rings (SSSR count). The van der Waals surface area contributed by atoms with E-state index < -0.39 is 23.4 Å². The van der Waals surface area contributed by atoms with E-state index in [1.165, 1.54) is 14.2 Å². The Morgan fingerprint density at radius 1 is 1.22 bits per heavy atom. The Kier molecular flexibility index (Phi) is 4.70. The van der Waals surface area contributed by atoms with Crippen molar-refractivity contribution in [3.63, 3.8) is 0 Å². The number of halogens is 2. The predicted molar refractivity (Wildman–Crippen MR) is 62.2 cm³/mol. The fraction of sp³-hybridized carbons (Fsp3) is 0.364. The topological polar surface area (TPSA) is 59.6 Å². The molecule has 2 N–H and O–H groups in total. The lowest BCUT2D eigenvalue weighted by molar-refractivity contribution is 0.252. The van der Waals surface area contributed by atoms with Gasteiger partial charge in [0.05, 0.1) is 14.2 Å². The van der Waals surface area contributed by atoms with Gasteiger partial charge < -0.3 is 20.1 Å². The number of carbonyl (C=O) groups excluding carboxylic acids is 1. The van der Waals surface area contributed by atoms with Crippen LogP contribution in [0, 0.1) is 11.6 Å². The van der Waals surface area contributed by atoms with Gasteiger partial charge >= 0.3 is 6.03 Å². The molecule has 0 radical (unpaired) electrons. The number of anilines is 1. The molecule has 0 heterocycles. The minimum atomic E-state index is -0.998. The van der Waals surface area contributed by atoms with E-state index in [0.29, 0.717) is 6.54 Å². The molecule has 0 unspecified atom stereocenters. The molecule has 0 saturated heterocycles. The maximum atomic E-state index is 13.8. The summed E-state index contributed by atoms with van der Waals surface area (Å²) in [7, 11) is 2.46. The van der Waals surface area contributed by atoms with E-state index in [2.05, 4.69) is 10.6 Å². The smallest absolute Gasteiger partial charge is 0.319 e. The molecular formula is C11H14F2N2O3. The predicted octanol–water partition coefficient (Wildman–Crippen LogP) is 2.12.